The normalized spacial score (nSPS) is 16.5. The van der Waals surface area contributed by atoms with Gasteiger partial charge in [-0.25, -0.2) is 0 Å². The molecule has 0 spiro atoms. The van der Waals surface area contributed by atoms with E-state index in [1.807, 2.05) is 36.9 Å². The van der Waals surface area contributed by atoms with E-state index in [-0.39, 0.29) is 5.91 Å². The molecular weight excluding hydrogens is 244 g/mol. The average Bonchev–Trinajstić information content (AvgIpc) is 2.35. The molecule has 1 heterocycles. The van der Waals surface area contributed by atoms with Crippen molar-refractivity contribution >= 4 is 29.0 Å². The summed E-state index contributed by atoms with van der Waals surface area (Å²) in [5.74, 6) is 3.04. The van der Waals surface area contributed by atoms with E-state index in [1.165, 1.54) is 11.5 Å². The molecule has 1 aromatic carbocycles. The van der Waals surface area contributed by atoms with Crippen LogP contribution in [0.3, 0.4) is 0 Å². The minimum absolute atomic E-state index is 0.107. The molecule has 1 aliphatic rings. The molecule has 2 rings (SSSR count). The number of benzene rings is 1. The van der Waals surface area contributed by atoms with Gasteiger partial charge in [-0.05, 0) is 54.9 Å². The van der Waals surface area contributed by atoms with Crippen molar-refractivity contribution in [2.24, 2.45) is 5.92 Å². The Morgan fingerprint density at radius 1 is 1.44 bits per heavy atom. The predicted molar refractivity (Wildman–Crippen MR) is 78.9 cm³/mol. The Hall–Kier alpha value is -1.16. The number of thioether (sulfide) groups is 1. The molecule has 1 aromatic rings. The minimum Gasteiger partial charge on any atom is -0.398 e. The quantitative estimate of drug-likeness (QED) is 0.825. The summed E-state index contributed by atoms with van der Waals surface area (Å²) in [6, 6.07) is 5.66. The van der Waals surface area contributed by atoms with Gasteiger partial charge in [-0.2, -0.15) is 11.8 Å². The zero-order chi connectivity index (χ0) is 13.0. The molecule has 0 aromatic heterocycles. The van der Waals surface area contributed by atoms with Crippen LogP contribution < -0.4 is 11.1 Å². The van der Waals surface area contributed by atoms with Gasteiger partial charge in [0.2, 0.25) is 5.91 Å². The van der Waals surface area contributed by atoms with Crippen molar-refractivity contribution in [1.29, 1.82) is 0 Å². The maximum atomic E-state index is 11.9. The van der Waals surface area contributed by atoms with Crippen molar-refractivity contribution in [3.8, 4) is 0 Å². The first-order valence-corrected chi connectivity index (χ1v) is 7.54. The molecule has 4 heteroatoms. The number of nitrogen functional groups attached to an aromatic ring is 1. The zero-order valence-corrected chi connectivity index (χ0v) is 11.6. The van der Waals surface area contributed by atoms with Crippen molar-refractivity contribution in [2.45, 2.75) is 26.2 Å². The monoisotopic (exact) mass is 264 g/mol. The smallest absolute Gasteiger partial charge is 0.224 e. The van der Waals surface area contributed by atoms with Gasteiger partial charge >= 0.3 is 0 Å². The molecular formula is C14H20N2OS. The third-order valence-electron chi connectivity index (χ3n) is 3.38. The lowest BCUT2D eigenvalue weighted by Gasteiger charge is -2.20. The van der Waals surface area contributed by atoms with E-state index in [2.05, 4.69) is 5.32 Å². The van der Waals surface area contributed by atoms with Crippen LogP contribution >= 0.6 is 11.8 Å². The highest BCUT2D eigenvalue weighted by Gasteiger charge is 2.17. The number of rotatable bonds is 3. The molecule has 0 bridgehead atoms. The first kappa shape index (κ1) is 13.3. The van der Waals surface area contributed by atoms with E-state index in [4.69, 9.17) is 5.73 Å². The fourth-order valence-electron chi connectivity index (χ4n) is 2.14. The number of aryl methyl sites for hydroxylation is 1. The Morgan fingerprint density at radius 3 is 2.83 bits per heavy atom. The Kier molecular flexibility index (Phi) is 4.53. The van der Waals surface area contributed by atoms with Crippen molar-refractivity contribution in [3.63, 3.8) is 0 Å². The largest absolute Gasteiger partial charge is 0.398 e. The lowest BCUT2D eigenvalue weighted by Crippen LogP contribution is -2.19. The first-order valence-electron chi connectivity index (χ1n) is 6.39. The van der Waals surface area contributed by atoms with Gasteiger partial charge in [0.15, 0.2) is 0 Å². The highest BCUT2D eigenvalue weighted by molar-refractivity contribution is 7.99. The van der Waals surface area contributed by atoms with Crippen LogP contribution in [0.1, 0.15) is 24.8 Å². The summed E-state index contributed by atoms with van der Waals surface area (Å²) in [7, 11) is 0. The first-order chi connectivity index (χ1) is 8.65. The fourth-order valence-corrected chi connectivity index (χ4v) is 3.35. The van der Waals surface area contributed by atoms with Gasteiger partial charge in [0.25, 0.3) is 0 Å². The molecule has 3 N–H and O–H groups in total. The van der Waals surface area contributed by atoms with Gasteiger partial charge in [0.1, 0.15) is 0 Å². The molecule has 0 saturated carbocycles. The van der Waals surface area contributed by atoms with Crippen LogP contribution in [-0.4, -0.2) is 17.4 Å². The van der Waals surface area contributed by atoms with Gasteiger partial charge < -0.3 is 11.1 Å². The highest BCUT2D eigenvalue weighted by Crippen LogP contribution is 2.26. The average molecular weight is 264 g/mol. The van der Waals surface area contributed by atoms with Gasteiger partial charge in [-0.1, -0.05) is 6.07 Å². The molecule has 18 heavy (non-hydrogen) atoms. The zero-order valence-electron chi connectivity index (χ0n) is 10.7. The molecule has 0 aliphatic carbocycles. The van der Waals surface area contributed by atoms with Crippen molar-refractivity contribution in [1.82, 2.24) is 0 Å². The van der Waals surface area contributed by atoms with Crippen LogP contribution in [0, 0.1) is 12.8 Å². The van der Waals surface area contributed by atoms with E-state index in [1.54, 1.807) is 0 Å². The highest BCUT2D eigenvalue weighted by atomic mass is 32.2. The van der Waals surface area contributed by atoms with Crippen molar-refractivity contribution in [2.75, 3.05) is 22.6 Å². The molecule has 0 atom stereocenters. The number of hydrogen-bond donors (Lipinski definition) is 2. The molecule has 0 radical (unpaired) electrons. The molecule has 1 saturated heterocycles. The van der Waals surface area contributed by atoms with Crippen LogP contribution in [0.25, 0.3) is 0 Å². The lowest BCUT2D eigenvalue weighted by atomic mass is 9.98. The third-order valence-corrected chi connectivity index (χ3v) is 4.43. The Labute approximate surface area is 113 Å². The maximum Gasteiger partial charge on any atom is 0.224 e. The number of nitrogens with one attached hydrogen (secondary N) is 1. The number of amides is 1. The molecule has 3 nitrogen and oxygen atoms in total. The summed E-state index contributed by atoms with van der Waals surface area (Å²) in [6.07, 6.45) is 2.95. The second kappa shape index (κ2) is 6.14. The van der Waals surface area contributed by atoms with E-state index in [0.717, 1.165) is 29.8 Å². The van der Waals surface area contributed by atoms with Gasteiger partial charge in [-0.15, -0.1) is 0 Å². The van der Waals surface area contributed by atoms with Crippen molar-refractivity contribution in [3.05, 3.63) is 23.8 Å². The Morgan fingerprint density at radius 2 is 2.17 bits per heavy atom. The maximum absolute atomic E-state index is 11.9. The van der Waals surface area contributed by atoms with Crippen LogP contribution in [0.5, 0.6) is 0 Å². The Balaban J connectivity index is 1.88. The molecule has 1 amide bonds. The van der Waals surface area contributed by atoms with Crippen LogP contribution in [0.15, 0.2) is 18.2 Å². The van der Waals surface area contributed by atoms with Gasteiger partial charge in [0, 0.05) is 17.8 Å². The number of carbonyl (C=O) groups excluding carboxylic acids is 1. The summed E-state index contributed by atoms with van der Waals surface area (Å²) >= 11 is 1.99. The molecule has 98 valence electrons. The molecule has 1 fully saturated rings. The van der Waals surface area contributed by atoms with E-state index in [0.29, 0.717) is 12.3 Å². The Bertz CT molecular complexity index is 428. The number of hydrogen-bond acceptors (Lipinski definition) is 3. The van der Waals surface area contributed by atoms with Crippen LogP contribution in [0.2, 0.25) is 0 Å². The summed E-state index contributed by atoms with van der Waals surface area (Å²) in [5.41, 5.74) is 8.39. The standard InChI is InChI=1S/C14H20N2OS/c1-10-2-3-12(9-13(10)15)16-14(17)8-11-4-6-18-7-5-11/h2-3,9,11H,4-8,15H2,1H3,(H,16,17). The topological polar surface area (TPSA) is 55.1 Å². The predicted octanol–water partition coefficient (Wildman–Crippen LogP) is 3.05. The fraction of sp³-hybridized carbons (Fsp3) is 0.500. The lowest BCUT2D eigenvalue weighted by molar-refractivity contribution is -0.117. The number of nitrogens with two attached hydrogens (primary N) is 1. The summed E-state index contributed by atoms with van der Waals surface area (Å²) in [4.78, 5) is 11.9. The molecule has 0 unspecified atom stereocenters. The molecule has 1 aliphatic heterocycles. The second-order valence-electron chi connectivity index (χ2n) is 4.88. The summed E-state index contributed by atoms with van der Waals surface area (Å²) < 4.78 is 0. The van der Waals surface area contributed by atoms with Crippen molar-refractivity contribution < 1.29 is 4.79 Å². The van der Waals surface area contributed by atoms with Crippen LogP contribution in [0.4, 0.5) is 11.4 Å². The van der Waals surface area contributed by atoms with E-state index >= 15 is 0 Å². The second-order valence-corrected chi connectivity index (χ2v) is 6.10. The third kappa shape index (κ3) is 3.67. The number of carbonyl (C=O) groups is 1. The van der Waals surface area contributed by atoms with Crippen LogP contribution in [-0.2, 0) is 4.79 Å². The van der Waals surface area contributed by atoms with E-state index < -0.39 is 0 Å². The summed E-state index contributed by atoms with van der Waals surface area (Å²) in [5, 5.41) is 2.93. The van der Waals surface area contributed by atoms with Gasteiger partial charge in [-0.3, -0.25) is 4.79 Å². The SMILES string of the molecule is Cc1ccc(NC(=O)CC2CCSCC2)cc1N. The number of anilines is 2. The van der Waals surface area contributed by atoms with Gasteiger partial charge in [0.05, 0.1) is 0 Å². The minimum atomic E-state index is 0.107. The van der Waals surface area contributed by atoms with E-state index in [9.17, 15) is 4.79 Å². The summed E-state index contributed by atoms with van der Waals surface area (Å²) in [6.45, 7) is 1.96.